The first kappa shape index (κ1) is 15.4. The molecular formula is C15H17NO4S. The molecule has 1 saturated heterocycles. The van der Waals surface area contributed by atoms with Gasteiger partial charge in [-0.1, -0.05) is 0 Å². The van der Waals surface area contributed by atoms with Gasteiger partial charge in [-0.05, 0) is 37.1 Å². The van der Waals surface area contributed by atoms with Crippen LogP contribution in [-0.2, 0) is 14.8 Å². The molecule has 21 heavy (non-hydrogen) atoms. The molecular weight excluding hydrogens is 290 g/mol. The lowest BCUT2D eigenvalue weighted by Gasteiger charge is -2.16. The van der Waals surface area contributed by atoms with Crippen molar-refractivity contribution in [3.63, 3.8) is 0 Å². The van der Waals surface area contributed by atoms with Gasteiger partial charge < -0.3 is 4.74 Å². The number of ether oxygens (including phenoxy) is 1. The van der Waals surface area contributed by atoms with Crippen LogP contribution >= 0.6 is 0 Å². The van der Waals surface area contributed by atoms with Crippen molar-refractivity contribution in [2.45, 2.75) is 19.3 Å². The zero-order valence-electron chi connectivity index (χ0n) is 11.6. The third-order valence-corrected chi connectivity index (χ3v) is 5.06. The maximum Gasteiger partial charge on any atom is 0.338 e. The van der Waals surface area contributed by atoms with E-state index in [1.807, 2.05) is 0 Å². The molecule has 1 aromatic rings. The van der Waals surface area contributed by atoms with Crippen molar-refractivity contribution >= 4 is 21.7 Å². The number of rotatable bonds is 5. The second kappa shape index (κ2) is 6.64. The average molecular weight is 307 g/mol. The molecule has 1 aliphatic heterocycles. The van der Waals surface area contributed by atoms with E-state index >= 15 is 0 Å². The molecule has 0 aliphatic carbocycles. The van der Waals surface area contributed by atoms with E-state index in [-0.39, 0.29) is 12.4 Å². The molecule has 0 radical (unpaired) electrons. The lowest BCUT2D eigenvalue weighted by Crippen LogP contribution is -2.25. The number of carbonyl (C=O) groups is 1. The minimum atomic E-state index is -3.20. The Hall–Kier alpha value is -2.00. The number of hydrogen-bond acceptors (Lipinski definition) is 4. The fourth-order valence-corrected chi connectivity index (χ4v) is 3.68. The zero-order valence-corrected chi connectivity index (χ0v) is 12.4. The molecule has 1 heterocycles. The van der Waals surface area contributed by atoms with Gasteiger partial charge in [0.05, 0.1) is 23.6 Å². The lowest BCUT2D eigenvalue weighted by molar-refractivity contribution is 0.0502. The summed E-state index contributed by atoms with van der Waals surface area (Å²) in [5.74, 6) is 2.22. The molecule has 6 heteroatoms. The Morgan fingerprint density at radius 2 is 2.05 bits per heavy atom. The zero-order chi connectivity index (χ0) is 15.3. The quantitative estimate of drug-likeness (QED) is 0.473. The summed E-state index contributed by atoms with van der Waals surface area (Å²) in [5, 5.41) is 0. The molecule has 0 N–H and O–H groups in total. The first-order chi connectivity index (χ1) is 10.0. The van der Waals surface area contributed by atoms with Gasteiger partial charge in [-0.25, -0.2) is 13.2 Å². The second-order valence-electron chi connectivity index (χ2n) is 4.73. The third-order valence-electron chi connectivity index (χ3n) is 3.19. The number of unbranched alkanes of at least 4 members (excludes halogenated alkanes) is 1. The summed E-state index contributed by atoms with van der Waals surface area (Å²) in [4.78, 5) is 11.8. The van der Waals surface area contributed by atoms with Gasteiger partial charge in [0, 0.05) is 13.0 Å². The second-order valence-corrected chi connectivity index (χ2v) is 6.75. The van der Waals surface area contributed by atoms with Gasteiger partial charge in [0.2, 0.25) is 10.0 Å². The molecule has 1 aromatic carbocycles. The van der Waals surface area contributed by atoms with Crippen LogP contribution in [-0.4, -0.2) is 33.3 Å². The van der Waals surface area contributed by atoms with Crippen LogP contribution in [0.2, 0.25) is 0 Å². The minimum Gasteiger partial charge on any atom is -0.462 e. The first-order valence-electron chi connectivity index (χ1n) is 6.75. The van der Waals surface area contributed by atoms with Crippen LogP contribution < -0.4 is 4.31 Å². The summed E-state index contributed by atoms with van der Waals surface area (Å²) in [5.41, 5.74) is 0.979. The highest BCUT2D eigenvalue weighted by molar-refractivity contribution is 7.93. The largest absolute Gasteiger partial charge is 0.462 e. The molecule has 5 nitrogen and oxygen atoms in total. The normalized spacial score (nSPS) is 16.4. The van der Waals surface area contributed by atoms with E-state index in [9.17, 15) is 13.2 Å². The van der Waals surface area contributed by atoms with Gasteiger partial charge >= 0.3 is 5.97 Å². The van der Waals surface area contributed by atoms with Crippen molar-refractivity contribution in [2.24, 2.45) is 0 Å². The summed E-state index contributed by atoms with van der Waals surface area (Å²) >= 11 is 0. The molecule has 0 spiro atoms. The van der Waals surface area contributed by atoms with E-state index in [0.717, 1.165) is 0 Å². The standard InChI is InChI=1S/C15H17NO4S/c1-2-3-4-11-20-15(17)13-6-8-14(9-7-13)16-10-5-12-21(16,18)19/h1,6-9H,3-5,10-12H2. The van der Waals surface area contributed by atoms with E-state index < -0.39 is 16.0 Å². The highest BCUT2D eigenvalue weighted by Gasteiger charge is 2.28. The average Bonchev–Trinajstić information content (AvgIpc) is 2.83. The van der Waals surface area contributed by atoms with Crippen molar-refractivity contribution in [3.05, 3.63) is 29.8 Å². The Morgan fingerprint density at radius 1 is 1.33 bits per heavy atom. The van der Waals surface area contributed by atoms with Crippen LogP contribution in [0.1, 0.15) is 29.6 Å². The number of sulfonamides is 1. The maximum absolute atomic E-state index is 11.8. The highest BCUT2D eigenvalue weighted by atomic mass is 32.2. The summed E-state index contributed by atoms with van der Waals surface area (Å²) in [6, 6.07) is 6.40. The van der Waals surface area contributed by atoms with Crippen LogP contribution in [0.3, 0.4) is 0 Å². The molecule has 0 aromatic heterocycles. The maximum atomic E-state index is 11.8. The van der Waals surface area contributed by atoms with Gasteiger partial charge in [-0.15, -0.1) is 12.3 Å². The van der Waals surface area contributed by atoms with E-state index in [1.54, 1.807) is 24.3 Å². The summed E-state index contributed by atoms with van der Waals surface area (Å²) in [6.07, 6.45) is 6.94. The number of benzene rings is 1. The van der Waals surface area contributed by atoms with Crippen LogP contribution in [0, 0.1) is 12.3 Å². The van der Waals surface area contributed by atoms with Crippen molar-refractivity contribution < 1.29 is 17.9 Å². The SMILES string of the molecule is C#CCCCOC(=O)c1ccc(N2CCCS2(=O)=O)cc1. The van der Waals surface area contributed by atoms with Gasteiger partial charge in [0.1, 0.15) is 0 Å². The Morgan fingerprint density at radius 3 is 2.62 bits per heavy atom. The number of hydrogen-bond donors (Lipinski definition) is 0. The summed E-state index contributed by atoms with van der Waals surface area (Å²) in [6.45, 7) is 0.767. The monoisotopic (exact) mass is 307 g/mol. The van der Waals surface area contributed by atoms with Gasteiger partial charge in [-0.2, -0.15) is 0 Å². The Balaban J connectivity index is 1.99. The predicted molar refractivity (Wildman–Crippen MR) is 80.5 cm³/mol. The van der Waals surface area contributed by atoms with Crippen molar-refractivity contribution in [2.75, 3.05) is 23.2 Å². The van der Waals surface area contributed by atoms with Crippen LogP contribution in [0.25, 0.3) is 0 Å². The van der Waals surface area contributed by atoms with Gasteiger partial charge in [0.25, 0.3) is 0 Å². The smallest absolute Gasteiger partial charge is 0.338 e. The number of anilines is 1. The third kappa shape index (κ3) is 3.76. The molecule has 0 bridgehead atoms. The number of terminal acetylenes is 1. The fraction of sp³-hybridized carbons (Fsp3) is 0.400. The van der Waals surface area contributed by atoms with Crippen LogP contribution in [0.5, 0.6) is 0 Å². The number of esters is 1. The predicted octanol–water partition coefficient (Wildman–Crippen LogP) is 1.80. The van der Waals surface area contributed by atoms with E-state index in [0.29, 0.717) is 37.1 Å². The minimum absolute atomic E-state index is 0.173. The van der Waals surface area contributed by atoms with E-state index in [1.165, 1.54) is 4.31 Å². The topological polar surface area (TPSA) is 63.7 Å². The van der Waals surface area contributed by atoms with Gasteiger partial charge in [0.15, 0.2) is 0 Å². The lowest BCUT2D eigenvalue weighted by atomic mass is 10.2. The molecule has 0 amide bonds. The van der Waals surface area contributed by atoms with Crippen molar-refractivity contribution in [1.82, 2.24) is 0 Å². The summed E-state index contributed by atoms with van der Waals surface area (Å²) in [7, 11) is -3.20. The van der Waals surface area contributed by atoms with Crippen molar-refractivity contribution in [3.8, 4) is 12.3 Å². The summed E-state index contributed by atoms with van der Waals surface area (Å²) < 4.78 is 30.0. The molecule has 0 unspecified atom stereocenters. The fourth-order valence-electron chi connectivity index (χ4n) is 2.12. The van der Waals surface area contributed by atoms with Crippen LogP contribution in [0.4, 0.5) is 5.69 Å². The van der Waals surface area contributed by atoms with Gasteiger partial charge in [-0.3, -0.25) is 4.31 Å². The van der Waals surface area contributed by atoms with E-state index in [4.69, 9.17) is 11.2 Å². The molecule has 2 rings (SSSR count). The van der Waals surface area contributed by atoms with Crippen molar-refractivity contribution in [1.29, 1.82) is 0 Å². The van der Waals surface area contributed by atoms with E-state index in [2.05, 4.69) is 5.92 Å². The molecule has 1 fully saturated rings. The van der Waals surface area contributed by atoms with Crippen LogP contribution in [0.15, 0.2) is 24.3 Å². The Labute approximate surface area is 125 Å². The number of nitrogens with zero attached hydrogens (tertiary/aromatic N) is 1. The molecule has 0 saturated carbocycles. The number of carbonyl (C=O) groups excluding carboxylic acids is 1. The molecule has 0 atom stereocenters. The highest BCUT2D eigenvalue weighted by Crippen LogP contribution is 2.24. The molecule has 1 aliphatic rings. The Kier molecular flexibility index (Phi) is 4.86. The Bertz CT molecular complexity index is 643. The molecule has 112 valence electrons. The first-order valence-corrected chi connectivity index (χ1v) is 8.36.